The summed E-state index contributed by atoms with van der Waals surface area (Å²) in [6.07, 6.45) is 4.63. The molecular weight excluding hydrogens is 328 g/mol. The highest BCUT2D eigenvalue weighted by Crippen LogP contribution is 2.28. The first kappa shape index (κ1) is 17.6. The Morgan fingerprint density at radius 3 is 2.04 bits per heavy atom. The van der Waals surface area contributed by atoms with Crippen LogP contribution in [0.2, 0.25) is 0 Å². The molecule has 2 aromatic rings. The number of ether oxygens (including phenoxy) is 1. The first-order valence-electron chi connectivity index (χ1n) is 7.01. The van der Waals surface area contributed by atoms with Crippen LogP contribution in [0.3, 0.4) is 0 Å². The molecule has 0 atom stereocenters. The van der Waals surface area contributed by atoms with Crippen LogP contribution < -0.4 is 4.74 Å². The third-order valence-electron chi connectivity index (χ3n) is 3.02. The zero-order valence-electron chi connectivity index (χ0n) is 12.8. The summed E-state index contributed by atoms with van der Waals surface area (Å²) in [5, 5.41) is 36.9. The molecule has 4 N–H and O–H groups in total. The van der Waals surface area contributed by atoms with Gasteiger partial charge in [-0.3, -0.25) is 0 Å². The summed E-state index contributed by atoms with van der Waals surface area (Å²) in [6.45, 7) is 0. The Labute approximate surface area is 142 Å². The average molecular weight is 342 g/mol. The molecule has 0 heterocycles. The second-order valence-electron chi connectivity index (χ2n) is 4.90. The molecule has 0 spiro atoms. The van der Waals surface area contributed by atoms with Crippen LogP contribution in [0.5, 0.6) is 23.0 Å². The van der Waals surface area contributed by atoms with E-state index >= 15 is 0 Å². The van der Waals surface area contributed by atoms with Crippen LogP contribution in [0.4, 0.5) is 0 Å². The molecule has 0 fully saturated rings. The molecule has 0 radical (unpaired) electrons. The van der Waals surface area contributed by atoms with Crippen molar-refractivity contribution in [1.82, 2.24) is 0 Å². The fraction of sp³-hybridized carbons (Fsp3) is 0. The van der Waals surface area contributed by atoms with Crippen LogP contribution in [0.25, 0.3) is 12.2 Å². The largest absolute Gasteiger partial charge is 0.504 e. The Morgan fingerprint density at radius 1 is 0.800 bits per heavy atom. The van der Waals surface area contributed by atoms with Crippen LogP contribution in [0, 0.1) is 0 Å². The lowest BCUT2D eigenvalue weighted by Crippen LogP contribution is -2.04. The molecule has 128 valence electrons. The number of benzene rings is 2. The van der Waals surface area contributed by atoms with Gasteiger partial charge >= 0.3 is 11.9 Å². The third kappa shape index (κ3) is 5.14. The van der Waals surface area contributed by atoms with Crippen molar-refractivity contribution in [2.45, 2.75) is 0 Å². The second-order valence-corrected chi connectivity index (χ2v) is 4.90. The summed E-state index contributed by atoms with van der Waals surface area (Å²) >= 11 is 0. The summed E-state index contributed by atoms with van der Waals surface area (Å²) < 4.78 is 5.00. The number of carbonyl (C=O) groups excluding carboxylic acids is 1. The normalized spacial score (nSPS) is 11.0. The highest BCUT2D eigenvalue weighted by Gasteiger charge is 2.07. The fourth-order valence-electron chi connectivity index (χ4n) is 1.83. The van der Waals surface area contributed by atoms with E-state index in [4.69, 9.17) is 9.84 Å². The van der Waals surface area contributed by atoms with E-state index in [-0.39, 0.29) is 23.0 Å². The molecule has 25 heavy (non-hydrogen) atoms. The zero-order chi connectivity index (χ0) is 18.4. The molecule has 0 saturated heterocycles. The number of rotatable bonds is 5. The maximum atomic E-state index is 11.8. The van der Waals surface area contributed by atoms with E-state index in [1.165, 1.54) is 48.6 Å². The number of hydrogen-bond acceptors (Lipinski definition) is 6. The molecule has 0 bridgehead atoms. The Bertz CT molecular complexity index is 866. The Balaban J connectivity index is 2.11. The number of esters is 1. The lowest BCUT2D eigenvalue weighted by Gasteiger charge is -2.05. The number of phenolic OH excluding ortho intramolecular Hbond substituents is 3. The topological polar surface area (TPSA) is 124 Å². The molecule has 2 rings (SSSR count). The van der Waals surface area contributed by atoms with E-state index in [0.717, 1.165) is 12.2 Å². The van der Waals surface area contributed by atoms with Gasteiger partial charge in [0.1, 0.15) is 0 Å². The molecular formula is C18H14O7. The minimum Gasteiger partial charge on any atom is -0.504 e. The number of phenols is 3. The van der Waals surface area contributed by atoms with E-state index in [1.54, 1.807) is 0 Å². The number of carbonyl (C=O) groups is 2. The number of aromatic hydroxyl groups is 3. The molecule has 0 unspecified atom stereocenters. The molecule has 0 amide bonds. The van der Waals surface area contributed by atoms with Gasteiger partial charge in [0, 0.05) is 12.2 Å². The van der Waals surface area contributed by atoms with Crippen molar-refractivity contribution in [2.75, 3.05) is 0 Å². The summed E-state index contributed by atoms with van der Waals surface area (Å²) in [4.78, 5) is 22.3. The van der Waals surface area contributed by atoms with Gasteiger partial charge in [0.15, 0.2) is 23.0 Å². The van der Waals surface area contributed by atoms with Gasteiger partial charge in [0.2, 0.25) is 0 Å². The lowest BCUT2D eigenvalue weighted by molar-refractivity contribution is -0.131. The van der Waals surface area contributed by atoms with Crippen molar-refractivity contribution in [3.05, 3.63) is 59.7 Å². The predicted octanol–water partition coefficient (Wildman–Crippen LogP) is 2.52. The van der Waals surface area contributed by atoms with E-state index in [9.17, 15) is 24.9 Å². The summed E-state index contributed by atoms with van der Waals surface area (Å²) in [7, 11) is 0. The molecule has 0 aliphatic carbocycles. The Morgan fingerprint density at radius 2 is 1.40 bits per heavy atom. The van der Waals surface area contributed by atoms with Crippen molar-refractivity contribution in [2.24, 2.45) is 0 Å². The monoisotopic (exact) mass is 342 g/mol. The van der Waals surface area contributed by atoms with Crippen molar-refractivity contribution in [3.63, 3.8) is 0 Å². The number of carboxylic acid groups (broad SMARTS) is 1. The summed E-state index contributed by atoms with van der Waals surface area (Å²) in [5.41, 5.74) is 0.880. The van der Waals surface area contributed by atoms with Gasteiger partial charge in [0.05, 0.1) is 0 Å². The number of carboxylic acids is 1. The van der Waals surface area contributed by atoms with E-state index < -0.39 is 11.9 Å². The van der Waals surface area contributed by atoms with Gasteiger partial charge in [-0.25, -0.2) is 9.59 Å². The van der Waals surface area contributed by atoms with Crippen LogP contribution in [-0.2, 0) is 9.59 Å². The molecule has 0 saturated carbocycles. The highest BCUT2D eigenvalue weighted by atomic mass is 16.5. The molecule has 7 heteroatoms. The summed E-state index contributed by atoms with van der Waals surface area (Å²) in [6, 6.07) is 8.05. The van der Waals surface area contributed by atoms with Crippen molar-refractivity contribution in [1.29, 1.82) is 0 Å². The van der Waals surface area contributed by atoms with E-state index in [0.29, 0.717) is 11.1 Å². The maximum absolute atomic E-state index is 11.8. The molecule has 0 aromatic heterocycles. The van der Waals surface area contributed by atoms with Gasteiger partial charge < -0.3 is 25.2 Å². The molecule has 0 aliphatic heterocycles. The quantitative estimate of drug-likeness (QED) is 0.285. The van der Waals surface area contributed by atoms with Crippen molar-refractivity contribution < 1.29 is 34.8 Å². The minimum absolute atomic E-state index is 0.129. The summed E-state index contributed by atoms with van der Waals surface area (Å²) in [5.74, 6) is -2.94. The smallest absolute Gasteiger partial charge is 0.336 e. The fourth-order valence-corrected chi connectivity index (χ4v) is 1.83. The molecule has 7 nitrogen and oxygen atoms in total. The first-order valence-corrected chi connectivity index (χ1v) is 7.01. The van der Waals surface area contributed by atoms with Crippen molar-refractivity contribution >= 4 is 24.1 Å². The van der Waals surface area contributed by atoms with Crippen LogP contribution in [0.15, 0.2) is 48.6 Å². The zero-order valence-corrected chi connectivity index (χ0v) is 12.8. The number of hydrogen-bond donors (Lipinski definition) is 4. The maximum Gasteiger partial charge on any atom is 0.336 e. The second kappa shape index (κ2) is 7.69. The van der Waals surface area contributed by atoms with E-state index in [2.05, 4.69) is 0 Å². The van der Waals surface area contributed by atoms with Gasteiger partial charge in [0.25, 0.3) is 0 Å². The van der Waals surface area contributed by atoms with Crippen LogP contribution in [0.1, 0.15) is 11.1 Å². The van der Waals surface area contributed by atoms with E-state index in [1.807, 2.05) is 0 Å². The van der Waals surface area contributed by atoms with Gasteiger partial charge in [-0.1, -0.05) is 12.1 Å². The van der Waals surface area contributed by atoms with Gasteiger partial charge in [-0.15, -0.1) is 0 Å². The number of aliphatic carboxylic acids is 1. The SMILES string of the molecule is O=C(O)/C=C/c1ccc(O)c(OC(=O)/C=C/c2ccc(O)c(O)c2)c1. The Hall–Kier alpha value is -3.74. The van der Waals surface area contributed by atoms with Crippen molar-refractivity contribution in [3.8, 4) is 23.0 Å². The first-order chi connectivity index (χ1) is 11.8. The molecule has 0 aliphatic rings. The molecule has 2 aromatic carbocycles. The minimum atomic E-state index is -1.13. The van der Waals surface area contributed by atoms with Gasteiger partial charge in [-0.2, -0.15) is 0 Å². The standard InChI is InChI=1S/C18H14O7/c19-13-5-1-11(9-15(13)21)4-8-18(24)25-16-10-12(2-6-14(16)20)3-7-17(22)23/h1-10,19-21H,(H,22,23)/b7-3+,8-4+. The Kier molecular flexibility index (Phi) is 5.42. The van der Waals surface area contributed by atoms with Crippen LogP contribution >= 0.6 is 0 Å². The highest BCUT2D eigenvalue weighted by molar-refractivity contribution is 5.89. The average Bonchev–Trinajstić information content (AvgIpc) is 2.56. The van der Waals surface area contributed by atoms with Crippen LogP contribution in [-0.4, -0.2) is 32.4 Å². The predicted molar refractivity (Wildman–Crippen MR) is 89.2 cm³/mol. The van der Waals surface area contributed by atoms with Gasteiger partial charge in [-0.05, 0) is 47.5 Å². The third-order valence-corrected chi connectivity index (χ3v) is 3.02. The lowest BCUT2D eigenvalue weighted by atomic mass is 10.2.